The number of amides is 1. The van der Waals surface area contributed by atoms with Gasteiger partial charge in [-0.2, -0.15) is 0 Å². The van der Waals surface area contributed by atoms with Crippen LogP contribution in [0.25, 0.3) is 0 Å². The molecule has 0 heterocycles. The Labute approximate surface area is 121 Å². The fourth-order valence-electron chi connectivity index (χ4n) is 2.96. The molecule has 1 amide bonds. The van der Waals surface area contributed by atoms with Gasteiger partial charge in [-0.15, -0.1) is 0 Å². The first-order valence-corrected chi connectivity index (χ1v) is 7.60. The predicted octanol–water partition coefficient (Wildman–Crippen LogP) is 4.76. The first-order chi connectivity index (χ1) is 9.56. The van der Waals surface area contributed by atoms with E-state index in [0.717, 1.165) is 18.5 Å². The molecule has 2 unspecified atom stereocenters. The van der Waals surface area contributed by atoms with Crippen LogP contribution in [-0.2, 0) is 4.74 Å². The number of aryl methyl sites for hydroxylation is 1. The number of carbonyl (C=O) groups is 1. The van der Waals surface area contributed by atoms with E-state index in [1.165, 1.54) is 18.4 Å². The van der Waals surface area contributed by atoms with E-state index in [9.17, 15) is 4.79 Å². The van der Waals surface area contributed by atoms with Crippen LogP contribution in [0.2, 0.25) is 0 Å². The molecule has 110 valence electrons. The molecule has 2 rings (SSSR count). The van der Waals surface area contributed by atoms with Crippen molar-refractivity contribution >= 4 is 11.8 Å². The van der Waals surface area contributed by atoms with E-state index in [1.54, 1.807) is 0 Å². The molecule has 20 heavy (non-hydrogen) atoms. The van der Waals surface area contributed by atoms with Gasteiger partial charge in [-0.25, -0.2) is 4.79 Å². The molecule has 0 aliphatic heterocycles. The second-order valence-electron chi connectivity index (χ2n) is 6.13. The normalized spacial score (nSPS) is 22.6. The summed E-state index contributed by atoms with van der Waals surface area (Å²) in [4.78, 5) is 12.0. The molecule has 0 radical (unpaired) electrons. The van der Waals surface area contributed by atoms with Crippen molar-refractivity contribution in [3.05, 3.63) is 29.8 Å². The molecule has 1 aliphatic carbocycles. The molecule has 0 bridgehead atoms. The fourth-order valence-corrected chi connectivity index (χ4v) is 2.96. The number of ether oxygens (including phenoxy) is 1. The van der Waals surface area contributed by atoms with Gasteiger partial charge in [0.25, 0.3) is 0 Å². The highest BCUT2D eigenvalue weighted by molar-refractivity contribution is 5.84. The summed E-state index contributed by atoms with van der Waals surface area (Å²) in [5.74, 6) is 1.06. The minimum atomic E-state index is -0.327. The Morgan fingerprint density at radius 2 is 1.85 bits per heavy atom. The quantitative estimate of drug-likeness (QED) is 0.863. The average molecular weight is 275 g/mol. The zero-order chi connectivity index (χ0) is 14.5. The van der Waals surface area contributed by atoms with Gasteiger partial charge in [-0.1, -0.05) is 38.0 Å². The number of rotatable bonds is 3. The van der Waals surface area contributed by atoms with Gasteiger partial charge in [0.05, 0.1) is 0 Å². The van der Waals surface area contributed by atoms with E-state index in [-0.39, 0.29) is 12.2 Å². The van der Waals surface area contributed by atoms with Gasteiger partial charge in [0, 0.05) is 5.69 Å². The van der Waals surface area contributed by atoms with Crippen molar-refractivity contribution in [3.8, 4) is 0 Å². The van der Waals surface area contributed by atoms with Crippen LogP contribution in [0.3, 0.4) is 0 Å². The highest BCUT2D eigenvalue weighted by Crippen LogP contribution is 2.32. The Morgan fingerprint density at radius 3 is 2.50 bits per heavy atom. The van der Waals surface area contributed by atoms with E-state index in [1.807, 2.05) is 31.2 Å². The van der Waals surface area contributed by atoms with Gasteiger partial charge in [0.15, 0.2) is 0 Å². The van der Waals surface area contributed by atoms with Crippen molar-refractivity contribution in [1.82, 2.24) is 0 Å². The first kappa shape index (κ1) is 14.9. The topological polar surface area (TPSA) is 38.3 Å². The van der Waals surface area contributed by atoms with Gasteiger partial charge < -0.3 is 4.74 Å². The third kappa shape index (κ3) is 3.99. The van der Waals surface area contributed by atoms with Crippen molar-refractivity contribution < 1.29 is 9.53 Å². The summed E-state index contributed by atoms with van der Waals surface area (Å²) in [6.07, 6.45) is 4.30. The van der Waals surface area contributed by atoms with Crippen molar-refractivity contribution in [1.29, 1.82) is 0 Å². The Kier molecular flexibility index (Phi) is 5.05. The van der Waals surface area contributed by atoms with E-state index < -0.39 is 0 Å². The van der Waals surface area contributed by atoms with E-state index in [0.29, 0.717) is 11.8 Å². The number of nitrogens with one attached hydrogen (secondary N) is 1. The minimum absolute atomic E-state index is 0.0641. The lowest BCUT2D eigenvalue weighted by Gasteiger charge is -2.33. The Bertz CT molecular complexity index is 439. The summed E-state index contributed by atoms with van der Waals surface area (Å²) in [5, 5.41) is 2.81. The van der Waals surface area contributed by atoms with Crippen LogP contribution < -0.4 is 5.32 Å². The lowest BCUT2D eigenvalue weighted by molar-refractivity contribution is 0.0277. The smallest absolute Gasteiger partial charge is 0.411 e. The largest absolute Gasteiger partial charge is 0.446 e. The molecule has 0 saturated heterocycles. The summed E-state index contributed by atoms with van der Waals surface area (Å²) in [6, 6.07) is 7.76. The molecule has 1 fully saturated rings. The zero-order valence-corrected chi connectivity index (χ0v) is 12.7. The van der Waals surface area contributed by atoms with Gasteiger partial charge in [-0.05, 0) is 50.2 Å². The third-order valence-electron chi connectivity index (χ3n) is 4.17. The molecule has 1 aromatic rings. The van der Waals surface area contributed by atoms with Crippen LogP contribution >= 0.6 is 0 Å². The standard InChI is InChI=1S/C17H25NO2/c1-12(2)15-6-4-5-7-16(15)20-17(19)18-14-10-8-13(3)9-11-14/h8-12,15-16H,4-7H2,1-3H3,(H,18,19). The number of hydrogen-bond acceptors (Lipinski definition) is 2. The first-order valence-electron chi connectivity index (χ1n) is 7.60. The van der Waals surface area contributed by atoms with E-state index >= 15 is 0 Å². The van der Waals surface area contributed by atoms with Crippen molar-refractivity contribution in [2.45, 2.75) is 52.6 Å². The van der Waals surface area contributed by atoms with Crippen LogP contribution in [0, 0.1) is 18.8 Å². The molecular formula is C17H25NO2. The Balaban J connectivity index is 1.91. The maximum absolute atomic E-state index is 12.0. The van der Waals surface area contributed by atoms with Crippen LogP contribution in [0.15, 0.2) is 24.3 Å². The number of hydrogen-bond donors (Lipinski definition) is 1. The SMILES string of the molecule is Cc1ccc(NC(=O)OC2CCCCC2C(C)C)cc1. The molecule has 0 spiro atoms. The molecule has 0 aromatic heterocycles. The zero-order valence-electron chi connectivity index (χ0n) is 12.7. The molecular weight excluding hydrogens is 250 g/mol. The maximum Gasteiger partial charge on any atom is 0.411 e. The van der Waals surface area contributed by atoms with Gasteiger partial charge >= 0.3 is 6.09 Å². The summed E-state index contributed by atoms with van der Waals surface area (Å²) in [7, 11) is 0. The second-order valence-corrected chi connectivity index (χ2v) is 6.13. The molecule has 1 aromatic carbocycles. The van der Waals surface area contributed by atoms with E-state index in [2.05, 4.69) is 19.2 Å². The van der Waals surface area contributed by atoms with Crippen LogP contribution in [0.1, 0.15) is 45.1 Å². The van der Waals surface area contributed by atoms with Gasteiger partial charge in [0.1, 0.15) is 6.10 Å². The van der Waals surface area contributed by atoms with E-state index in [4.69, 9.17) is 4.74 Å². The molecule has 2 atom stereocenters. The summed E-state index contributed by atoms with van der Waals surface area (Å²) in [6.45, 7) is 6.45. The summed E-state index contributed by atoms with van der Waals surface area (Å²) < 4.78 is 5.65. The van der Waals surface area contributed by atoms with Crippen LogP contribution in [-0.4, -0.2) is 12.2 Å². The van der Waals surface area contributed by atoms with Gasteiger partial charge in [0.2, 0.25) is 0 Å². The van der Waals surface area contributed by atoms with Crippen LogP contribution in [0.5, 0.6) is 0 Å². The Morgan fingerprint density at radius 1 is 1.20 bits per heavy atom. The Hall–Kier alpha value is -1.51. The van der Waals surface area contributed by atoms with Crippen LogP contribution in [0.4, 0.5) is 10.5 Å². The lowest BCUT2D eigenvalue weighted by atomic mass is 9.79. The summed E-state index contributed by atoms with van der Waals surface area (Å²) in [5.41, 5.74) is 1.97. The minimum Gasteiger partial charge on any atom is -0.446 e. The predicted molar refractivity (Wildman–Crippen MR) is 81.9 cm³/mol. The molecule has 1 N–H and O–H groups in total. The van der Waals surface area contributed by atoms with Gasteiger partial charge in [-0.3, -0.25) is 5.32 Å². The number of anilines is 1. The second kappa shape index (κ2) is 6.78. The monoisotopic (exact) mass is 275 g/mol. The van der Waals surface area contributed by atoms with Crippen molar-refractivity contribution in [3.63, 3.8) is 0 Å². The van der Waals surface area contributed by atoms with Crippen molar-refractivity contribution in [2.75, 3.05) is 5.32 Å². The number of benzene rings is 1. The lowest BCUT2D eigenvalue weighted by Crippen LogP contribution is -2.34. The maximum atomic E-state index is 12.0. The molecule has 1 aliphatic rings. The van der Waals surface area contributed by atoms with Crippen molar-refractivity contribution in [2.24, 2.45) is 11.8 Å². The highest BCUT2D eigenvalue weighted by atomic mass is 16.6. The molecule has 3 heteroatoms. The number of carbonyl (C=O) groups excluding carboxylic acids is 1. The average Bonchev–Trinajstić information content (AvgIpc) is 2.41. The third-order valence-corrected chi connectivity index (χ3v) is 4.17. The molecule has 1 saturated carbocycles. The summed E-state index contributed by atoms with van der Waals surface area (Å²) >= 11 is 0. The molecule has 3 nitrogen and oxygen atoms in total. The highest BCUT2D eigenvalue weighted by Gasteiger charge is 2.30. The fraction of sp³-hybridized carbons (Fsp3) is 0.588.